The third kappa shape index (κ3) is 5.14. The highest BCUT2D eigenvalue weighted by molar-refractivity contribution is 5.96. The van der Waals surface area contributed by atoms with Crippen LogP contribution < -0.4 is 16.0 Å². The van der Waals surface area contributed by atoms with Crippen molar-refractivity contribution in [3.05, 3.63) is 0 Å². The van der Waals surface area contributed by atoms with E-state index in [1.54, 1.807) is 6.92 Å². The number of carbonyl (C=O) groups excluding carboxylic acids is 2. The fourth-order valence-electron chi connectivity index (χ4n) is 1.69. The van der Waals surface area contributed by atoms with Gasteiger partial charge in [-0.1, -0.05) is 0 Å². The minimum absolute atomic E-state index is 0.318. The number of amides is 3. The number of ether oxygens (including phenoxy) is 1. The summed E-state index contributed by atoms with van der Waals surface area (Å²) >= 11 is 0. The van der Waals surface area contributed by atoms with Crippen LogP contribution in [0.1, 0.15) is 19.8 Å². The molecule has 1 aliphatic rings. The monoisotopic (exact) mass is 243 g/mol. The van der Waals surface area contributed by atoms with Gasteiger partial charge in [-0.05, 0) is 25.7 Å². The van der Waals surface area contributed by atoms with Crippen LogP contribution in [0.15, 0.2) is 0 Å². The lowest BCUT2D eigenvalue weighted by Crippen LogP contribution is -2.48. The number of imide groups is 1. The molecule has 17 heavy (non-hydrogen) atoms. The molecule has 0 bridgehead atoms. The van der Waals surface area contributed by atoms with Gasteiger partial charge in [0.2, 0.25) is 5.91 Å². The van der Waals surface area contributed by atoms with Crippen LogP contribution in [0.2, 0.25) is 0 Å². The third-order valence-corrected chi connectivity index (χ3v) is 2.82. The molecule has 2 atom stereocenters. The largest absolute Gasteiger partial charge is 0.381 e. The van der Waals surface area contributed by atoms with Crippen molar-refractivity contribution in [3.8, 4) is 0 Å². The zero-order valence-corrected chi connectivity index (χ0v) is 10.4. The first-order chi connectivity index (χ1) is 8.13. The Morgan fingerprint density at radius 1 is 1.47 bits per heavy atom. The standard InChI is InChI=1S/C11H21N3O3/c1-8(10(15)14-11(16)12-2)13-6-9-4-3-5-17-7-9/h8-9,13H,3-7H2,1-2H3,(H2,12,14,15,16). The highest BCUT2D eigenvalue weighted by Gasteiger charge is 2.18. The van der Waals surface area contributed by atoms with Crippen LogP contribution >= 0.6 is 0 Å². The molecule has 0 aliphatic carbocycles. The summed E-state index contributed by atoms with van der Waals surface area (Å²) in [6.07, 6.45) is 2.20. The molecular weight excluding hydrogens is 222 g/mol. The fourth-order valence-corrected chi connectivity index (χ4v) is 1.69. The van der Waals surface area contributed by atoms with Gasteiger partial charge in [0.1, 0.15) is 0 Å². The second-order valence-electron chi connectivity index (χ2n) is 4.28. The molecule has 1 fully saturated rings. The summed E-state index contributed by atoms with van der Waals surface area (Å²) in [5.41, 5.74) is 0. The first-order valence-corrected chi connectivity index (χ1v) is 5.97. The maximum absolute atomic E-state index is 11.5. The second-order valence-corrected chi connectivity index (χ2v) is 4.28. The number of nitrogens with one attached hydrogen (secondary N) is 3. The van der Waals surface area contributed by atoms with E-state index < -0.39 is 6.03 Å². The molecule has 2 unspecified atom stereocenters. The zero-order chi connectivity index (χ0) is 12.7. The van der Waals surface area contributed by atoms with E-state index in [0.29, 0.717) is 5.92 Å². The maximum Gasteiger partial charge on any atom is 0.321 e. The summed E-state index contributed by atoms with van der Waals surface area (Å²) in [5.74, 6) is 0.139. The molecule has 98 valence electrons. The Balaban J connectivity index is 2.21. The van der Waals surface area contributed by atoms with Gasteiger partial charge in [-0.2, -0.15) is 0 Å². The van der Waals surface area contributed by atoms with Gasteiger partial charge in [-0.15, -0.1) is 0 Å². The first-order valence-electron chi connectivity index (χ1n) is 5.97. The lowest BCUT2D eigenvalue weighted by Gasteiger charge is -2.23. The average molecular weight is 243 g/mol. The van der Waals surface area contributed by atoms with Crippen LogP contribution in [0.4, 0.5) is 4.79 Å². The van der Waals surface area contributed by atoms with Crippen molar-refractivity contribution in [1.82, 2.24) is 16.0 Å². The van der Waals surface area contributed by atoms with E-state index in [1.807, 2.05) is 0 Å². The van der Waals surface area contributed by atoms with Crippen LogP contribution in [0.5, 0.6) is 0 Å². The van der Waals surface area contributed by atoms with Crippen LogP contribution in [0, 0.1) is 5.92 Å². The van der Waals surface area contributed by atoms with E-state index in [2.05, 4.69) is 16.0 Å². The molecule has 3 N–H and O–H groups in total. The SMILES string of the molecule is CNC(=O)NC(=O)C(C)NCC1CCCOC1. The normalized spacial score (nSPS) is 21.6. The third-order valence-electron chi connectivity index (χ3n) is 2.82. The van der Waals surface area contributed by atoms with Gasteiger partial charge in [0, 0.05) is 20.2 Å². The summed E-state index contributed by atoms with van der Waals surface area (Å²) in [6.45, 7) is 4.06. The van der Waals surface area contributed by atoms with Gasteiger partial charge >= 0.3 is 6.03 Å². The first kappa shape index (κ1) is 13.9. The fraction of sp³-hybridized carbons (Fsp3) is 0.818. The van der Waals surface area contributed by atoms with Crippen LogP contribution in [0.25, 0.3) is 0 Å². The van der Waals surface area contributed by atoms with E-state index in [-0.39, 0.29) is 11.9 Å². The van der Waals surface area contributed by atoms with Crippen molar-refractivity contribution >= 4 is 11.9 Å². The number of carbonyl (C=O) groups is 2. The van der Waals surface area contributed by atoms with Crippen molar-refractivity contribution in [3.63, 3.8) is 0 Å². The van der Waals surface area contributed by atoms with Crippen LogP contribution in [-0.4, -0.2) is 44.8 Å². The number of rotatable bonds is 4. The molecule has 0 aromatic rings. The zero-order valence-electron chi connectivity index (χ0n) is 10.4. The van der Waals surface area contributed by atoms with Crippen LogP contribution in [0.3, 0.4) is 0 Å². The summed E-state index contributed by atoms with van der Waals surface area (Å²) in [4.78, 5) is 22.5. The molecule has 3 amide bonds. The highest BCUT2D eigenvalue weighted by atomic mass is 16.5. The van der Waals surface area contributed by atoms with E-state index in [0.717, 1.165) is 32.6 Å². The van der Waals surface area contributed by atoms with Crippen molar-refractivity contribution in [2.45, 2.75) is 25.8 Å². The minimum Gasteiger partial charge on any atom is -0.381 e. The Morgan fingerprint density at radius 2 is 2.24 bits per heavy atom. The number of hydrogen-bond donors (Lipinski definition) is 3. The van der Waals surface area contributed by atoms with E-state index in [9.17, 15) is 9.59 Å². The molecule has 0 spiro atoms. The van der Waals surface area contributed by atoms with Gasteiger partial charge < -0.3 is 15.4 Å². The Kier molecular flexibility index (Phi) is 5.93. The van der Waals surface area contributed by atoms with Crippen molar-refractivity contribution < 1.29 is 14.3 Å². The molecule has 1 rings (SSSR count). The average Bonchev–Trinajstić information content (AvgIpc) is 2.36. The smallest absolute Gasteiger partial charge is 0.321 e. The molecule has 0 aromatic heterocycles. The quantitative estimate of drug-likeness (QED) is 0.641. The molecule has 6 nitrogen and oxygen atoms in total. The lowest BCUT2D eigenvalue weighted by atomic mass is 10.0. The molecule has 0 aromatic carbocycles. The van der Waals surface area contributed by atoms with Crippen molar-refractivity contribution in [1.29, 1.82) is 0 Å². The predicted molar refractivity (Wildman–Crippen MR) is 63.6 cm³/mol. The van der Waals surface area contributed by atoms with E-state index in [4.69, 9.17) is 4.74 Å². The molecule has 0 radical (unpaired) electrons. The van der Waals surface area contributed by atoms with Gasteiger partial charge in [-0.25, -0.2) is 4.79 Å². The molecular formula is C11H21N3O3. The Morgan fingerprint density at radius 3 is 2.82 bits per heavy atom. The van der Waals surface area contributed by atoms with Gasteiger partial charge in [-0.3, -0.25) is 10.1 Å². The minimum atomic E-state index is -0.482. The predicted octanol–water partition coefficient (Wildman–Crippen LogP) is -0.153. The van der Waals surface area contributed by atoms with E-state index in [1.165, 1.54) is 7.05 Å². The van der Waals surface area contributed by atoms with Gasteiger partial charge in [0.15, 0.2) is 0 Å². The van der Waals surface area contributed by atoms with E-state index >= 15 is 0 Å². The Hall–Kier alpha value is -1.14. The van der Waals surface area contributed by atoms with Gasteiger partial charge in [0.25, 0.3) is 0 Å². The van der Waals surface area contributed by atoms with Crippen molar-refractivity contribution in [2.75, 3.05) is 26.8 Å². The lowest BCUT2D eigenvalue weighted by molar-refractivity contribution is -0.121. The molecule has 6 heteroatoms. The second kappa shape index (κ2) is 7.24. The molecule has 1 saturated heterocycles. The van der Waals surface area contributed by atoms with Crippen LogP contribution in [-0.2, 0) is 9.53 Å². The number of hydrogen-bond acceptors (Lipinski definition) is 4. The highest BCUT2D eigenvalue weighted by Crippen LogP contribution is 2.12. The summed E-state index contributed by atoms with van der Waals surface area (Å²) in [7, 11) is 1.47. The molecule has 1 heterocycles. The summed E-state index contributed by atoms with van der Waals surface area (Å²) in [6, 6.07) is -0.862. The Bertz CT molecular complexity index is 265. The van der Waals surface area contributed by atoms with Crippen molar-refractivity contribution in [2.24, 2.45) is 5.92 Å². The summed E-state index contributed by atoms with van der Waals surface area (Å²) < 4.78 is 5.35. The maximum atomic E-state index is 11.5. The topological polar surface area (TPSA) is 79.5 Å². The summed E-state index contributed by atoms with van der Waals surface area (Å²) in [5, 5.41) is 7.68. The Labute approximate surface area is 101 Å². The molecule has 1 aliphatic heterocycles. The molecule has 0 saturated carbocycles. The van der Waals surface area contributed by atoms with Gasteiger partial charge in [0.05, 0.1) is 12.6 Å². The number of urea groups is 1.